The molecular weight excluding hydrogens is 273 g/mol. The molecule has 2 N–H and O–H groups in total. The van der Waals surface area contributed by atoms with Crippen molar-refractivity contribution in [3.63, 3.8) is 0 Å². The highest BCUT2D eigenvalue weighted by Gasteiger charge is 2.18. The Morgan fingerprint density at radius 3 is 2.52 bits per heavy atom. The molecule has 2 aromatic rings. The molecule has 21 heavy (non-hydrogen) atoms. The van der Waals surface area contributed by atoms with Crippen LogP contribution in [-0.2, 0) is 0 Å². The van der Waals surface area contributed by atoms with Crippen molar-refractivity contribution in [3.05, 3.63) is 53.8 Å². The van der Waals surface area contributed by atoms with Crippen molar-refractivity contribution in [1.29, 1.82) is 0 Å². The third-order valence-corrected chi connectivity index (χ3v) is 3.16. The second-order valence-corrected chi connectivity index (χ2v) is 4.47. The number of aliphatic hydroxyl groups is 1. The Morgan fingerprint density at radius 1 is 1.14 bits per heavy atom. The van der Waals surface area contributed by atoms with E-state index in [1.165, 1.54) is 19.2 Å². The lowest BCUT2D eigenvalue weighted by Crippen LogP contribution is -2.16. The molecule has 5 heteroatoms. The van der Waals surface area contributed by atoms with Gasteiger partial charge in [0.25, 0.3) is 0 Å². The van der Waals surface area contributed by atoms with Crippen LogP contribution in [0.1, 0.15) is 11.6 Å². The van der Waals surface area contributed by atoms with Crippen LogP contribution in [0.3, 0.4) is 0 Å². The predicted octanol–water partition coefficient (Wildman–Crippen LogP) is 2.99. The summed E-state index contributed by atoms with van der Waals surface area (Å²) in [5, 5.41) is 12.7. The lowest BCUT2D eigenvalue weighted by atomic mass is 10.1. The van der Waals surface area contributed by atoms with Crippen molar-refractivity contribution < 1.29 is 19.0 Å². The Hall–Kier alpha value is -2.27. The first-order chi connectivity index (χ1) is 10.2. The van der Waals surface area contributed by atoms with Gasteiger partial charge in [-0.25, -0.2) is 4.39 Å². The summed E-state index contributed by atoms with van der Waals surface area (Å²) in [6.07, 6.45) is 0. The van der Waals surface area contributed by atoms with Gasteiger partial charge in [-0.05, 0) is 24.3 Å². The van der Waals surface area contributed by atoms with Crippen LogP contribution in [-0.4, -0.2) is 25.9 Å². The van der Waals surface area contributed by atoms with E-state index in [1.807, 2.05) is 12.1 Å². The number of benzene rings is 2. The average Bonchev–Trinajstić information content (AvgIpc) is 2.51. The average molecular weight is 291 g/mol. The number of halogens is 1. The Morgan fingerprint density at radius 2 is 1.90 bits per heavy atom. The van der Waals surface area contributed by atoms with Crippen molar-refractivity contribution in [2.75, 3.05) is 26.1 Å². The number of hydrogen-bond donors (Lipinski definition) is 2. The Balaban J connectivity index is 2.33. The van der Waals surface area contributed by atoms with Gasteiger partial charge in [-0.3, -0.25) is 0 Å². The molecule has 0 aliphatic rings. The number of aliphatic hydroxyl groups excluding tert-OH is 1. The largest absolute Gasteiger partial charge is 0.493 e. The van der Waals surface area contributed by atoms with Crippen LogP contribution in [0.25, 0.3) is 0 Å². The SMILES string of the molecule is COc1cccc(C(CO)Nc2cccc(F)c2)c1OC. The van der Waals surface area contributed by atoms with E-state index in [4.69, 9.17) is 9.47 Å². The first-order valence-corrected chi connectivity index (χ1v) is 6.53. The molecule has 0 fully saturated rings. The summed E-state index contributed by atoms with van der Waals surface area (Å²) in [6, 6.07) is 11.1. The van der Waals surface area contributed by atoms with Gasteiger partial charge in [-0.15, -0.1) is 0 Å². The molecule has 112 valence electrons. The van der Waals surface area contributed by atoms with Crippen LogP contribution in [0, 0.1) is 5.82 Å². The minimum absolute atomic E-state index is 0.167. The first-order valence-electron chi connectivity index (χ1n) is 6.53. The lowest BCUT2D eigenvalue weighted by molar-refractivity contribution is 0.271. The maximum atomic E-state index is 13.2. The molecule has 0 radical (unpaired) electrons. The quantitative estimate of drug-likeness (QED) is 0.859. The molecule has 4 nitrogen and oxygen atoms in total. The Kier molecular flexibility index (Phi) is 5.00. The van der Waals surface area contributed by atoms with E-state index < -0.39 is 6.04 Å². The molecule has 0 spiro atoms. The number of rotatable bonds is 6. The zero-order valence-electron chi connectivity index (χ0n) is 12.0. The highest BCUT2D eigenvalue weighted by Crippen LogP contribution is 2.35. The predicted molar refractivity (Wildman–Crippen MR) is 79.4 cm³/mol. The van der Waals surface area contributed by atoms with E-state index in [1.54, 1.807) is 25.3 Å². The number of para-hydroxylation sites is 1. The molecule has 0 amide bonds. The minimum atomic E-state index is -0.433. The fourth-order valence-electron chi connectivity index (χ4n) is 2.19. The standard InChI is InChI=1S/C16H18FNO3/c1-20-15-8-4-7-13(16(15)21-2)14(10-19)18-12-6-3-5-11(17)9-12/h3-9,14,18-19H,10H2,1-2H3. The molecule has 0 saturated heterocycles. The van der Waals surface area contributed by atoms with Crippen LogP contribution >= 0.6 is 0 Å². The Bertz CT molecular complexity index is 604. The zero-order valence-corrected chi connectivity index (χ0v) is 12.0. The molecule has 2 aromatic carbocycles. The molecule has 0 aromatic heterocycles. The zero-order chi connectivity index (χ0) is 15.2. The van der Waals surface area contributed by atoms with Gasteiger partial charge in [0, 0.05) is 11.3 Å². The topological polar surface area (TPSA) is 50.7 Å². The van der Waals surface area contributed by atoms with Crippen LogP contribution in [0.2, 0.25) is 0 Å². The number of ether oxygens (including phenoxy) is 2. The van der Waals surface area contributed by atoms with E-state index in [9.17, 15) is 9.50 Å². The van der Waals surface area contributed by atoms with Crippen molar-refractivity contribution in [2.45, 2.75) is 6.04 Å². The summed E-state index contributed by atoms with van der Waals surface area (Å²) in [6.45, 7) is -0.167. The van der Waals surface area contributed by atoms with Gasteiger partial charge in [-0.1, -0.05) is 18.2 Å². The van der Waals surface area contributed by atoms with Crippen molar-refractivity contribution >= 4 is 5.69 Å². The van der Waals surface area contributed by atoms with Crippen LogP contribution in [0.4, 0.5) is 10.1 Å². The number of methoxy groups -OCH3 is 2. The monoisotopic (exact) mass is 291 g/mol. The maximum absolute atomic E-state index is 13.2. The van der Waals surface area contributed by atoms with Crippen LogP contribution in [0.15, 0.2) is 42.5 Å². The lowest BCUT2D eigenvalue weighted by Gasteiger charge is -2.21. The van der Waals surface area contributed by atoms with E-state index in [0.29, 0.717) is 17.2 Å². The van der Waals surface area contributed by atoms with Gasteiger partial charge in [0.05, 0.1) is 26.9 Å². The van der Waals surface area contributed by atoms with Gasteiger partial charge in [0.1, 0.15) is 5.82 Å². The van der Waals surface area contributed by atoms with E-state index in [2.05, 4.69) is 5.32 Å². The molecule has 0 heterocycles. The maximum Gasteiger partial charge on any atom is 0.166 e. The van der Waals surface area contributed by atoms with Crippen molar-refractivity contribution in [3.8, 4) is 11.5 Å². The van der Waals surface area contributed by atoms with E-state index >= 15 is 0 Å². The van der Waals surface area contributed by atoms with Crippen molar-refractivity contribution in [2.24, 2.45) is 0 Å². The molecule has 2 rings (SSSR count). The highest BCUT2D eigenvalue weighted by molar-refractivity contribution is 5.52. The van der Waals surface area contributed by atoms with Gasteiger partial charge < -0.3 is 19.9 Å². The molecule has 0 saturated carbocycles. The van der Waals surface area contributed by atoms with E-state index in [0.717, 1.165) is 5.56 Å². The fraction of sp³-hybridized carbons (Fsp3) is 0.250. The molecule has 1 atom stereocenters. The summed E-state index contributed by atoms with van der Waals surface area (Å²) >= 11 is 0. The van der Waals surface area contributed by atoms with Crippen LogP contribution in [0.5, 0.6) is 11.5 Å². The summed E-state index contributed by atoms with van der Waals surface area (Å²) < 4.78 is 23.8. The van der Waals surface area contributed by atoms with Gasteiger partial charge >= 0.3 is 0 Å². The van der Waals surface area contributed by atoms with Crippen molar-refractivity contribution in [1.82, 2.24) is 0 Å². The van der Waals surface area contributed by atoms with Crippen LogP contribution < -0.4 is 14.8 Å². The summed E-state index contributed by atoms with van der Waals surface area (Å²) in [4.78, 5) is 0. The normalized spacial score (nSPS) is 11.8. The molecule has 0 bridgehead atoms. The van der Waals surface area contributed by atoms with Gasteiger partial charge in [0.15, 0.2) is 11.5 Å². The number of nitrogens with one attached hydrogen (secondary N) is 1. The second-order valence-electron chi connectivity index (χ2n) is 4.47. The second kappa shape index (κ2) is 6.95. The molecule has 0 aliphatic carbocycles. The smallest absolute Gasteiger partial charge is 0.166 e. The first kappa shape index (κ1) is 15.1. The highest BCUT2D eigenvalue weighted by atomic mass is 19.1. The summed E-state index contributed by atoms with van der Waals surface area (Å²) in [5.41, 5.74) is 1.32. The number of anilines is 1. The third-order valence-electron chi connectivity index (χ3n) is 3.16. The molecular formula is C16H18FNO3. The summed E-state index contributed by atoms with van der Waals surface area (Å²) in [5.74, 6) is 0.784. The van der Waals surface area contributed by atoms with Gasteiger partial charge in [-0.2, -0.15) is 0 Å². The Labute approximate surface area is 123 Å². The fourth-order valence-corrected chi connectivity index (χ4v) is 2.19. The minimum Gasteiger partial charge on any atom is -0.493 e. The third kappa shape index (κ3) is 3.44. The number of hydrogen-bond acceptors (Lipinski definition) is 4. The molecule has 0 aliphatic heterocycles. The van der Waals surface area contributed by atoms with E-state index in [-0.39, 0.29) is 12.4 Å². The van der Waals surface area contributed by atoms with Gasteiger partial charge in [0.2, 0.25) is 0 Å². The summed E-state index contributed by atoms with van der Waals surface area (Å²) in [7, 11) is 3.09. The molecule has 1 unspecified atom stereocenters.